The highest BCUT2D eigenvalue weighted by atomic mass is 35.5. The van der Waals surface area contributed by atoms with Crippen LogP contribution in [0.15, 0.2) is 36.5 Å². The van der Waals surface area contributed by atoms with Gasteiger partial charge >= 0.3 is 0 Å². The van der Waals surface area contributed by atoms with Gasteiger partial charge in [0.25, 0.3) is 5.91 Å². The highest BCUT2D eigenvalue weighted by Gasteiger charge is 2.13. The lowest BCUT2D eigenvalue weighted by Gasteiger charge is -2.11. The van der Waals surface area contributed by atoms with Crippen LogP contribution in [0, 0.1) is 0 Å². The number of rotatable bonds is 4. The largest absolute Gasteiger partial charge is 0.476 e. The summed E-state index contributed by atoms with van der Waals surface area (Å²) in [5.41, 5.74) is 6.94. The summed E-state index contributed by atoms with van der Waals surface area (Å²) in [5, 5.41) is 3.20. The SMILES string of the molecule is CCOc1ncccc1NC(=O)c1ccc(Cl)cc1N. The van der Waals surface area contributed by atoms with Crippen molar-refractivity contribution in [1.29, 1.82) is 0 Å². The van der Waals surface area contributed by atoms with E-state index in [2.05, 4.69) is 10.3 Å². The van der Waals surface area contributed by atoms with Crippen LogP contribution in [-0.4, -0.2) is 17.5 Å². The lowest BCUT2D eigenvalue weighted by atomic mass is 10.1. The molecule has 1 amide bonds. The zero-order valence-electron chi connectivity index (χ0n) is 10.9. The van der Waals surface area contributed by atoms with Gasteiger partial charge in [-0.05, 0) is 37.3 Å². The van der Waals surface area contributed by atoms with Crippen molar-refractivity contribution in [1.82, 2.24) is 4.98 Å². The molecule has 0 fully saturated rings. The molecule has 1 aromatic heterocycles. The Kier molecular flexibility index (Phi) is 4.42. The van der Waals surface area contributed by atoms with E-state index in [1.165, 1.54) is 6.07 Å². The van der Waals surface area contributed by atoms with Gasteiger partial charge in [-0.2, -0.15) is 0 Å². The third kappa shape index (κ3) is 3.19. The number of nitrogens with one attached hydrogen (secondary N) is 1. The summed E-state index contributed by atoms with van der Waals surface area (Å²) in [6.07, 6.45) is 1.59. The molecule has 0 atom stereocenters. The first kappa shape index (κ1) is 14.1. The molecule has 0 saturated heterocycles. The minimum Gasteiger partial charge on any atom is -0.476 e. The van der Waals surface area contributed by atoms with Gasteiger partial charge in [0, 0.05) is 16.9 Å². The minimum absolute atomic E-state index is 0.317. The van der Waals surface area contributed by atoms with Crippen molar-refractivity contribution in [2.45, 2.75) is 6.92 Å². The second-order valence-electron chi connectivity index (χ2n) is 3.97. The van der Waals surface area contributed by atoms with Gasteiger partial charge in [-0.3, -0.25) is 4.79 Å². The number of amides is 1. The normalized spacial score (nSPS) is 10.1. The molecule has 5 nitrogen and oxygen atoms in total. The van der Waals surface area contributed by atoms with Crippen molar-refractivity contribution in [2.24, 2.45) is 0 Å². The van der Waals surface area contributed by atoms with E-state index < -0.39 is 0 Å². The molecule has 0 spiro atoms. The molecule has 2 aromatic rings. The average molecular weight is 292 g/mol. The van der Waals surface area contributed by atoms with Gasteiger partial charge in [-0.25, -0.2) is 4.98 Å². The molecule has 0 radical (unpaired) electrons. The Morgan fingerprint density at radius 2 is 2.25 bits per heavy atom. The maximum absolute atomic E-state index is 12.2. The number of halogens is 1. The quantitative estimate of drug-likeness (QED) is 0.849. The molecule has 0 unspecified atom stereocenters. The van der Waals surface area contributed by atoms with E-state index in [1.807, 2.05) is 6.92 Å². The summed E-state index contributed by atoms with van der Waals surface area (Å²) in [5.74, 6) is 0.0315. The van der Waals surface area contributed by atoms with E-state index in [0.29, 0.717) is 34.4 Å². The predicted molar refractivity (Wildman–Crippen MR) is 79.2 cm³/mol. The molecule has 6 heteroatoms. The van der Waals surface area contributed by atoms with Crippen LogP contribution >= 0.6 is 11.6 Å². The number of benzene rings is 1. The topological polar surface area (TPSA) is 77.2 Å². The number of aromatic nitrogens is 1. The van der Waals surface area contributed by atoms with Crippen molar-refractivity contribution in [3.05, 3.63) is 47.1 Å². The first-order valence-corrected chi connectivity index (χ1v) is 6.43. The smallest absolute Gasteiger partial charge is 0.257 e. The minimum atomic E-state index is -0.340. The molecule has 0 saturated carbocycles. The second kappa shape index (κ2) is 6.25. The van der Waals surface area contributed by atoms with Crippen LogP contribution in [0.2, 0.25) is 5.02 Å². The molecule has 0 aliphatic carbocycles. The molecule has 2 rings (SSSR count). The predicted octanol–water partition coefficient (Wildman–Crippen LogP) is 2.97. The van der Waals surface area contributed by atoms with Gasteiger partial charge in [-0.1, -0.05) is 11.6 Å². The maximum Gasteiger partial charge on any atom is 0.257 e. The van der Waals surface area contributed by atoms with Crippen LogP contribution in [0.25, 0.3) is 0 Å². The van der Waals surface area contributed by atoms with Crippen LogP contribution in [0.5, 0.6) is 5.88 Å². The summed E-state index contributed by atoms with van der Waals surface area (Å²) >= 11 is 5.81. The Bertz CT molecular complexity index is 632. The summed E-state index contributed by atoms with van der Waals surface area (Å²) in [7, 11) is 0. The Hall–Kier alpha value is -2.27. The van der Waals surface area contributed by atoms with Gasteiger partial charge in [0.1, 0.15) is 5.69 Å². The highest BCUT2D eigenvalue weighted by Crippen LogP contribution is 2.23. The Balaban J connectivity index is 2.23. The number of carbonyl (C=O) groups excluding carboxylic acids is 1. The van der Waals surface area contributed by atoms with Crippen molar-refractivity contribution < 1.29 is 9.53 Å². The van der Waals surface area contributed by atoms with Crippen LogP contribution in [0.4, 0.5) is 11.4 Å². The van der Waals surface area contributed by atoms with Gasteiger partial charge < -0.3 is 15.8 Å². The number of nitrogens with two attached hydrogens (primary N) is 1. The van der Waals surface area contributed by atoms with E-state index in [1.54, 1.807) is 30.5 Å². The average Bonchev–Trinajstić information content (AvgIpc) is 2.41. The summed E-state index contributed by atoms with van der Waals surface area (Å²) < 4.78 is 5.34. The monoisotopic (exact) mass is 291 g/mol. The number of nitrogens with zero attached hydrogens (tertiary/aromatic N) is 1. The number of pyridine rings is 1. The van der Waals surface area contributed by atoms with E-state index >= 15 is 0 Å². The number of nitrogen functional groups attached to an aromatic ring is 1. The molecule has 20 heavy (non-hydrogen) atoms. The molecule has 104 valence electrons. The van der Waals surface area contributed by atoms with Crippen molar-refractivity contribution in [2.75, 3.05) is 17.7 Å². The fourth-order valence-corrected chi connectivity index (χ4v) is 1.85. The van der Waals surface area contributed by atoms with Gasteiger partial charge in [0.2, 0.25) is 5.88 Å². The van der Waals surface area contributed by atoms with Crippen LogP contribution in [0.1, 0.15) is 17.3 Å². The third-order valence-corrected chi connectivity index (χ3v) is 2.79. The first-order chi connectivity index (χ1) is 9.61. The van der Waals surface area contributed by atoms with E-state index in [9.17, 15) is 4.79 Å². The van der Waals surface area contributed by atoms with Gasteiger partial charge in [0.05, 0.1) is 12.2 Å². The van der Waals surface area contributed by atoms with Gasteiger partial charge in [-0.15, -0.1) is 0 Å². The molecular weight excluding hydrogens is 278 g/mol. The zero-order chi connectivity index (χ0) is 14.5. The van der Waals surface area contributed by atoms with E-state index in [4.69, 9.17) is 22.1 Å². The maximum atomic E-state index is 12.2. The molecule has 0 bridgehead atoms. The van der Waals surface area contributed by atoms with Crippen LogP contribution < -0.4 is 15.8 Å². The van der Waals surface area contributed by atoms with Crippen molar-refractivity contribution in [3.8, 4) is 5.88 Å². The number of carbonyl (C=O) groups is 1. The highest BCUT2D eigenvalue weighted by molar-refractivity contribution is 6.31. The summed E-state index contributed by atoms with van der Waals surface area (Å²) in [4.78, 5) is 16.2. The lowest BCUT2D eigenvalue weighted by molar-refractivity contribution is 0.102. The van der Waals surface area contributed by atoms with E-state index in [0.717, 1.165) is 0 Å². The van der Waals surface area contributed by atoms with Crippen molar-refractivity contribution >= 4 is 28.9 Å². The Labute approximate surface area is 121 Å². The number of hydrogen-bond donors (Lipinski definition) is 2. The Morgan fingerprint density at radius 3 is 2.95 bits per heavy atom. The fourth-order valence-electron chi connectivity index (χ4n) is 1.67. The first-order valence-electron chi connectivity index (χ1n) is 6.06. The summed E-state index contributed by atoms with van der Waals surface area (Å²) in [6.45, 7) is 2.31. The molecule has 0 aliphatic rings. The lowest BCUT2D eigenvalue weighted by Crippen LogP contribution is -2.15. The fraction of sp³-hybridized carbons (Fsp3) is 0.143. The molecule has 1 heterocycles. The number of hydrogen-bond acceptors (Lipinski definition) is 4. The summed E-state index contributed by atoms with van der Waals surface area (Å²) in [6, 6.07) is 8.14. The second-order valence-corrected chi connectivity index (χ2v) is 4.41. The van der Waals surface area contributed by atoms with Crippen LogP contribution in [0.3, 0.4) is 0 Å². The number of ether oxygens (including phenoxy) is 1. The standard InChI is InChI=1S/C14H14ClN3O2/c1-2-20-14-12(4-3-7-17-14)18-13(19)10-6-5-9(15)8-11(10)16/h3-8H,2,16H2,1H3,(H,18,19). The third-order valence-electron chi connectivity index (χ3n) is 2.56. The molecule has 3 N–H and O–H groups in total. The van der Waals surface area contributed by atoms with Crippen LogP contribution in [-0.2, 0) is 0 Å². The van der Waals surface area contributed by atoms with Crippen molar-refractivity contribution in [3.63, 3.8) is 0 Å². The van der Waals surface area contributed by atoms with E-state index in [-0.39, 0.29) is 5.91 Å². The number of anilines is 2. The molecular formula is C14H14ClN3O2. The molecule has 0 aliphatic heterocycles. The molecule has 1 aromatic carbocycles. The zero-order valence-corrected chi connectivity index (χ0v) is 11.6. The Morgan fingerprint density at radius 1 is 1.45 bits per heavy atom. The van der Waals surface area contributed by atoms with Gasteiger partial charge in [0.15, 0.2) is 0 Å².